The molecule has 0 fully saturated rings. The zero-order valence-corrected chi connectivity index (χ0v) is 16.5. The molecule has 2 amide bonds. The number of carbonyl (C=O) groups excluding carboxylic acids is 2. The second-order valence-electron chi connectivity index (χ2n) is 5.77. The van der Waals surface area contributed by atoms with Gasteiger partial charge < -0.3 is 4.74 Å². The molecule has 11 heteroatoms. The summed E-state index contributed by atoms with van der Waals surface area (Å²) in [6.45, 7) is 0.288. The highest BCUT2D eigenvalue weighted by molar-refractivity contribution is 6.35. The van der Waals surface area contributed by atoms with Crippen molar-refractivity contribution < 1.29 is 14.3 Å². The summed E-state index contributed by atoms with van der Waals surface area (Å²) < 4.78 is 6.96. The minimum atomic E-state index is -0.486. The van der Waals surface area contributed by atoms with Crippen molar-refractivity contribution in [3.05, 3.63) is 64.8 Å². The third-order valence-electron chi connectivity index (χ3n) is 3.68. The van der Waals surface area contributed by atoms with Crippen molar-refractivity contribution in [2.75, 3.05) is 6.61 Å². The van der Waals surface area contributed by atoms with E-state index in [-0.39, 0.29) is 24.5 Å². The van der Waals surface area contributed by atoms with E-state index in [0.29, 0.717) is 28.0 Å². The van der Waals surface area contributed by atoms with Gasteiger partial charge >= 0.3 is 0 Å². The third-order valence-corrected chi connectivity index (χ3v) is 4.21. The maximum atomic E-state index is 12.1. The maximum Gasteiger partial charge on any atom is 0.271 e. The lowest BCUT2D eigenvalue weighted by atomic mass is 10.2. The molecule has 0 saturated carbocycles. The Bertz CT molecular complexity index is 980. The second kappa shape index (κ2) is 9.85. The van der Waals surface area contributed by atoms with Gasteiger partial charge in [-0.05, 0) is 36.8 Å². The normalized spacial score (nSPS) is 10.4. The van der Waals surface area contributed by atoms with Gasteiger partial charge in [0.2, 0.25) is 5.91 Å². The topological polar surface area (TPSA) is 111 Å². The molecule has 0 atom stereocenters. The lowest BCUT2D eigenvalue weighted by Gasteiger charge is -2.09. The summed E-state index contributed by atoms with van der Waals surface area (Å²) in [4.78, 5) is 31.9. The van der Waals surface area contributed by atoms with Crippen LogP contribution in [0.3, 0.4) is 0 Å². The molecule has 0 spiro atoms. The summed E-state index contributed by atoms with van der Waals surface area (Å²) >= 11 is 11.8. The van der Waals surface area contributed by atoms with E-state index >= 15 is 0 Å². The maximum absolute atomic E-state index is 12.1. The monoisotopic (exact) mass is 434 g/mol. The molecular formula is C18H16Cl2N6O3. The number of aromatic nitrogens is 4. The second-order valence-corrected chi connectivity index (χ2v) is 6.62. The summed E-state index contributed by atoms with van der Waals surface area (Å²) in [5.74, 6) is 0.173. The molecule has 2 N–H and O–H groups in total. The number of hydrogen-bond acceptors (Lipinski definition) is 6. The molecule has 0 bridgehead atoms. The van der Waals surface area contributed by atoms with Gasteiger partial charge in [0.1, 0.15) is 18.4 Å². The van der Waals surface area contributed by atoms with Gasteiger partial charge in [0.05, 0.1) is 17.2 Å². The van der Waals surface area contributed by atoms with Gasteiger partial charge in [-0.15, -0.1) is 0 Å². The first kappa shape index (κ1) is 20.6. The molecule has 0 aliphatic heterocycles. The Morgan fingerprint density at radius 1 is 1.14 bits per heavy atom. The van der Waals surface area contributed by atoms with Gasteiger partial charge in [0.25, 0.3) is 5.91 Å². The molecule has 3 aromatic rings. The molecular weight excluding hydrogens is 419 g/mol. The minimum Gasteiger partial charge on any atom is -0.492 e. The molecule has 1 aromatic carbocycles. The Morgan fingerprint density at radius 2 is 2.00 bits per heavy atom. The van der Waals surface area contributed by atoms with E-state index in [1.54, 1.807) is 30.3 Å². The minimum absolute atomic E-state index is 0.162. The van der Waals surface area contributed by atoms with Crippen molar-refractivity contribution in [3.8, 4) is 11.6 Å². The molecule has 2 heterocycles. The highest BCUT2D eigenvalue weighted by Gasteiger charge is 2.09. The number of ether oxygens (including phenoxy) is 1. The number of amides is 2. The fourth-order valence-corrected chi connectivity index (χ4v) is 2.71. The van der Waals surface area contributed by atoms with Crippen LogP contribution in [0, 0.1) is 0 Å². The molecule has 150 valence electrons. The van der Waals surface area contributed by atoms with E-state index in [0.717, 1.165) is 0 Å². The quantitative estimate of drug-likeness (QED) is 0.436. The molecule has 2 aromatic heterocycles. The Morgan fingerprint density at radius 3 is 2.69 bits per heavy atom. The third kappa shape index (κ3) is 5.90. The van der Waals surface area contributed by atoms with E-state index < -0.39 is 5.91 Å². The van der Waals surface area contributed by atoms with Gasteiger partial charge in [0.15, 0.2) is 5.82 Å². The van der Waals surface area contributed by atoms with Crippen molar-refractivity contribution in [1.29, 1.82) is 0 Å². The van der Waals surface area contributed by atoms with Crippen LogP contribution in [0.1, 0.15) is 23.2 Å². The van der Waals surface area contributed by atoms with E-state index in [1.165, 1.54) is 23.5 Å². The van der Waals surface area contributed by atoms with Crippen molar-refractivity contribution >= 4 is 35.0 Å². The molecule has 9 nitrogen and oxygen atoms in total. The number of nitrogens with zero attached hydrogens (tertiary/aromatic N) is 4. The molecule has 0 radical (unpaired) electrons. The largest absolute Gasteiger partial charge is 0.492 e. The summed E-state index contributed by atoms with van der Waals surface area (Å²) in [6.07, 6.45) is 4.85. The van der Waals surface area contributed by atoms with Gasteiger partial charge in [-0.25, -0.2) is 14.6 Å². The summed E-state index contributed by atoms with van der Waals surface area (Å²) in [6, 6.07) is 8.08. The van der Waals surface area contributed by atoms with Crippen LogP contribution in [0.2, 0.25) is 10.0 Å². The van der Waals surface area contributed by atoms with Crippen LogP contribution >= 0.6 is 23.2 Å². The van der Waals surface area contributed by atoms with Crippen LogP contribution in [-0.2, 0) is 4.79 Å². The van der Waals surface area contributed by atoms with E-state index in [9.17, 15) is 9.59 Å². The average Bonchev–Trinajstić information content (AvgIpc) is 3.25. The van der Waals surface area contributed by atoms with E-state index in [1.807, 2.05) is 0 Å². The van der Waals surface area contributed by atoms with Crippen LogP contribution in [-0.4, -0.2) is 38.2 Å². The Balaban J connectivity index is 1.38. The number of carbonyl (C=O) groups is 2. The van der Waals surface area contributed by atoms with Gasteiger partial charge in [-0.3, -0.25) is 20.4 Å². The van der Waals surface area contributed by atoms with Crippen molar-refractivity contribution in [2.45, 2.75) is 12.8 Å². The zero-order valence-electron chi connectivity index (χ0n) is 15.0. The number of hydrogen-bond donors (Lipinski definition) is 2. The van der Waals surface area contributed by atoms with E-state index in [2.05, 4.69) is 25.9 Å². The fraction of sp³-hybridized carbons (Fsp3) is 0.167. The highest BCUT2D eigenvalue weighted by atomic mass is 35.5. The summed E-state index contributed by atoms with van der Waals surface area (Å²) in [7, 11) is 0. The number of hydrazine groups is 1. The molecule has 3 rings (SSSR count). The summed E-state index contributed by atoms with van der Waals surface area (Å²) in [5.41, 5.74) is 4.97. The van der Waals surface area contributed by atoms with E-state index in [4.69, 9.17) is 27.9 Å². The molecule has 0 unspecified atom stereocenters. The standard InChI is InChI=1S/C18H16Cl2N6O3/c19-13-4-5-15(14(20)8-13)29-7-1-2-17(27)24-25-18(28)12-3-6-16(22-9-12)26-11-21-10-23-26/h3-6,8-11H,1-2,7H2,(H,24,27)(H,25,28). The lowest BCUT2D eigenvalue weighted by Crippen LogP contribution is -2.41. The SMILES string of the molecule is O=C(CCCOc1ccc(Cl)cc1Cl)NNC(=O)c1ccc(-n2cncn2)nc1. The van der Waals surface area contributed by atoms with Crippen LogP contribution in [0.15, 0.2) is 49.2 Å². The first-order chi connectivity index (χ1) is 14.0. The van der Waals surface area contributed by atoms with Crippen LogP contribution in [0.5, 0.6) is 5.75 Å². The van der Waals surface area contributed by atoms with Crippen LogP contribution < -0.4 is 15.6 Å². The predicted octanol–water partition coefficient (Wildman–Crippen LogP) is 2.59. The molecule has 29 heavy (non-hydrogen) atoms. The van der Waals surface area contributed by atoms with Crippen molar-refractivity contribution in [2.24, 2.45) is 0 Å². The van der Waals surface area contributed by atoms with Crippen molar-refractivity contribution in [3.63, 3.8) is 0 Å². The Hall–Kier alpha value is -3.17. The predicted molar refractivity (Wildman–Crippen MR) is 106 cm³/mol. The summed E-state index contributed by atoms with van der Waals surface area (Å²) in [5, 5.41) is 4.86. The first-order valence-electron chi connectivity index (χ1n) is 8.51. The van der Waals surface area contributed by atoms with Gasteiger partial charge in [-0.2, -0.15) is 5.10 Å². The zero-order chi connectivity index (χ0) is 20.6. The fourth-order valence-electron chi connectivity index (χ4n) is 2.25. The smallest absolute Gasteiger partial charge is 0.271 e. The van der Waals surface area contributed by atoms with Gasteiger partial charge in [-0.1, -0.05) is 23.2 Å². The Labute approximate surface area is 176 Å². The average molecular weight is 435 g/mol. The number of benzene rings is 1. The molecule has 0 aliphatic carbocycles. The number of pyridine rings is 1. The van der Waals surface area contributed by atoms with Crippen LogP contribution in [0.4, 0.5) is 0 Å². The lowest BCUT2D eigenvalue weighted by molar-refractivity contribution is -0.122. The molecule has 0 saturated heterocycles. The van der Waals surface area contributed by atoms with Crippen LogP contribution in [0.25, 0.3) is 5.82 Å². The number of rotatable bonds is 7. The number of halogens is 2. The van der Waals surface area contributed by atoms with Crippen molar-refractivity contribution in [1.82, 2.24) is 30.6 Å². The highest BCUT2D eigenvalue weighted by Crippen LogP contribution is 2.27. The molecule has 0 aliphatic rings. The Kier molecular flexibility index (Phi) is 6.99. The number of nitrogens with one attached hydrogen (secondary N) is 2. The first-order valence-corrected chi connectivity index (χ1v) is 9.26. The van der Waals surface area contributed by atoms with Gasteiger partial charge in [0, 0.05) is 17.6 Å².